The van der Waals surface area contributed by atoms with Crippen LogP contribution in [0.25, 0.3) is 0 Å². The number of hydrogen-bond donors (Lipinski definition) is 5. The highest BCUT2D eigenvalue weighted by atomic mass is 16.4. The molecule has 0 radical (unpaired) electrons. The van der Waals surface area contributed by atoms with Crippen LogP contribution in [0, 0.1) is 34.5 Å². The van der Waals surface area contributed by atoms with Crippen molar-refractivity contribution in [2.45, 2.75) is 89.1 Å². The van der Waals surface area contributed by atoms with Crippen LogP contribution < -0.4 is 0 Å². The number of aliphatic hydroxyl groups is 5. The lowest BCUT2D eigenvalue weighted by Crippen LogP contribution is -2.64. The Kier molecular flexibility index (Phi) is 4.52. The van der Waals surface area contributed by atoms with Gasteiger partial charge in [0.15, 0.2) is 0 Å². The van der Waals surface area contributed by atoms with Crippen molar-refractivity contribution in [3.05, 3.63) is 0 Å². The molecule has 0 saturated heterocycles. The van der Waals surface area contributed by atoms with Gasteiger partial charge in [-0.3, -0.25) is 0 Å². The van der Waals surface area contributed by atoms with Crippen LogP contribution in [0.2, 0.25) is 0 Å². The van der Waals surface area contributed by atoms with E-state index in [-0.39, 0.29) is 23.4 Å². The van der Waals surface area contributed by atoms with Crippen LogP contribution >= 0.6 is 0 Å². The lowest BCUT2D eigenvalue weighted by atomic mass is 9.43. The van der Waals surface area contributed by atoms with Crippen molar-refractivity contribution in [3.8, 4) is 0 Å². The maximum atomic E-state index is 11.3. The predicted molar refractivity (Wildman–Crippen MR) is 97.2 cm³/mol. The molecule has 5 nitrogen and oxygen atoms in total. The third-order valence-electron chi connectivity index (χ3n) is 9.51. The van der Waals surface area contributed by atoms with Gasteiger partial charge in [0.25, 0.3) is 0 Å². The van der Waals surface area contributed by atoms with Gasteiger partial charge in [-0.25, -0.2) is 0 Å². The average Bonchev–Trinajstić information content (AvgIpc) is 2.86. The fourth-order valence-electron chi connectivity index (χ4n) is 8.10. The van der Waals surface area contributed by atoms with E-state index in [4.69, 9.17) is 0 Å². The van der Waals surface area contributed by atoms with Gasteiger partial charge in [-0.05, 0) is 80.5 Å². The highest BCUT2D eigenvalue weighted by Crippen LogP contribution is 2.68. The van der Waals surface area contributed by atoms with Gasteiger partial charge in [-0.1, -0.05) is 13.8 Å². The molecule has 0 heterocycles. The summed E-state index contributed by atoms with van der Waals surface area (Å²) in [5.74, 6) is 1.29. The fraction of sp³-hybridized carbons (Fsp3) is 1.00. The third-order valence-corrected chi connectivity index (χ3v) is 9.51. The van der Waals surface area contributed by atoms with E-state index in [1.807, 2.05) is 6.92 Å². The van der Waals surface area contributed by atoms with E-state index in [2.05, 4.69) is 6.92 Å². The Morgan fingerprint density at radius 3 is 2.46 bits per heavy atom. The minimum Gasteiger partial charge on any atom is -0.394 e. The molecule has 0 bridgehead atoms. The highest BCUT2D eigenvalue weighted by molar-refractivity contribution is 5.17. The van der Waals surface area contributed by atoms with Crippen molar-refractivity contribution in [2.75, 3.05) is 6.61 Å². The second kappa shape index (κ2) is 6.15. The van der Waals surface area contributed by atoms with Crippen LogP contribution in [0.3, 0.4) is 0 Å². The van der Waals surface area contributed by atoms with Crippen molar-refractivity contribution in [3.63, 3.8) is 0 Å². The van der Waals surface area contributed by atoms with Gasteiger partial charge in [0.1, 0.15) is 6.10 Å². The van der Waals surface area contributed by atoms with Gasteiger partial charge >= 0.3 is 0 Å². The fourth-order valence-corrected chi connectivity index (χ4v) is 8.10. The summed E-state index contributed by atoms with van der Waals surface area (Å²) in [6.07, 6.45) is 4.70. The number of fused-ring (bicyclic) bond motifs is 5. The molecule has 4 saturated carbocycles. The summed E-state index contributed by atoms with van der Waals surface area (Å²) in [5.41, 5.74) is -1.83. The highest BCUT2D eigenvalue weighted by Gasteiger charge is 2.68. The van der Waals surface area contributed by atoms with Gasteiger partial charge in [-0.2, -0.15) is 0 Å². The monoisotopic (exact) mass is 368 g/mol. The van der Waals surface area contributed by atoms with Crippen molar-refractivity contribution in [1.82, 2.24) is 0 Å². The van der Waals surface area contributed by atoms with E-state index in [0.29, 0.717) is 24.7 Å². The largest absolute Gasteiger partial charge is 0.394 e. The second-order valence-corrected chi connectivity index (χ2v) is 10.4. The number of aliphatic hydroxyl groups excluding tert-OH is 4. The van der Waals surface area contributed by atoms with Crippen LogP contribution in [-0.2, 0) is 0 Å². The molecule has 4 aliphatic carbocycles. The number of hydrogen-bond acceptors (Lipinski definition) is 5. The molecule has 0 spiro atoms. The molecular weight excluding hydrogens is 332 g/mol. The zero-order valence-corrected chi connectivity index (χ0v) is 16.1. The third kappa shape index (κ3) is 2.33. The first-order valence-electron chi connectivity index (χ1n) is 10.5. The van der Waals surface area contributed by atoms with Crippen molar-refractivity contribution in [1.29, 1.82) is 0 Å². The van der Waals surface area contributed by atoms with Gasteiger partial charge in [0.05, 0.1) is 24.4 Å². The first-order valence-corrected chi connectivity index (χ1v) is 10.5. The van der Waals surface area contributed by atoms with Crippen LogP contribution in [0.4, 0.5) is 0 Å². The minimum atomic E-state index is -1.32. The van der Waals surface area contributed by atoms with E-state index >= 15 is 0 Å². The summed E-state index contributed by atoms with van der Waals surface area (Å²) in [6, 6.07) is 0. The molecule has 10 atom stereocenters. The second-order valence-electron chi connectivity index (χ2n) is 10.4. The molecule has 0 aliphatic heterocycles. The van der Waals surface area contributed by atoms with Gasteiger partial charge in [0, 0.05) is 5.41 Å². The van der Waals surface area contributed by atoms with Crippen LogP contribution in [-0.4, -0.2) is 56.1 Å². The summed E-state index contributed by atoms with van der Waals surface area (Å²) < 4.78 is 0. The average molecular weight is 369 g/mol. The standard InChI is InChI=1S/C21H36O5/c1-19-7-5-13(23)9-12(19)3-4-14-15-6-8-21(26,17(25)11-22)20(15,2)10-16(24)18(14)19/h12-18,22-26H,3-11H2,1-2H3/t12-,13+,14-,15+,16+,17+,18+,19-,20+,21-/m0/s1. The van der Waals surface area contributed by atoms with Crippen molar-refractivity contribution < 1.29 is 25.5 Å². The summed E-state index contributed by atoms with van der Waals surface area (Å²) in [5, 5.41) is 52.5. The molecule has 150 valence electrons. The molecule has 0 aromatic heterocycles. The van der Waals surface area contributed by atoms with E-state index < -0.39 is 29.8 Å². The van der Waals surface area contributed by atoms with Gasteiger partial charge in [-0.15, -0.1) is 0 Å². The minimum absolute atomic E-state index is 0.0548. The van der Waals surface area contributed by atoms with Crippen LogP contribution in [0.5, 0.6) is 0 Å². The zero-order chi connectivity index (χ0) is 18.9. The molecule has 0 unspecified atom stereocenters. The summed E-state index contributed by atoms with van der Waals surface area (Å²) >= 11 is 0. The summed E-state index contributed by atoms with van der Waals surface area (Å²) in [6.45, 7) is 3.89. The normalized spacial score (nSPS) is 57.8. The maximum Gasteiger partial charge on any atom is 0.106 e. The van der Waals surface area contributed by atoms with E-state index in [1.165, 1.54) is 0 Å². The van der Waals surface area contributed by atoms with Crippen molar-refractivity contribution in [2.24, 2.45) is 34.5 Å². The van der Waals surface area contributed by atoms with Crippen molar-refractivity contribution >= 4 is 0 Å². The smallest absolute Gasteiger partial charge is 0.106 e. The Labute approximate surface area is 156 Å². The Bertz CT molecular complexity index is 555. The van der Waals surface area contributed by atoms with E-state index in [9.17, 15) is 25.5 Å². The quantitative estimate of drug-likeness (QED) is 0.508. The molecule has 4 rings (SSSR count). The molecule has 26 heavy (non-hydrogen) atoms. The van der Waals surface area contributed by atoms with Gasteiger partial charge < -0.3 is 25.5 Å². The molecule has 4 aliphatic rings. The van der Waals surface area contributed by atoms with Crippen LogP contribution in [0.15, 0.2) is 0 Å². The Balaban J connectivity index is 1.68. The molecule has 5 heteroatoms. The molecule has 4 fully saturated rings. The first-order chi connectivity index (χ1) is 12.2. The lowest BCUT2D eigenvalue weighted by Gasteiger charge is -2.63. The van der Waals surface area contributed by atoms with E-state index in [1.54, 1.807) is 0 Å². The van der Waals surface area contributed by atoms with Gasteiger partial charge in [0.2, 0.25) is 0 Å². The molecule has 0 aromatic carbocycles. The summed E-state index contributed by atoms with van der Waals surface area (Å²) in [4.78, 5) is 0. The maximum absolute atomic E-state index is 11.3. The van der Waals surface area contributed by atoms with Crippen LogP contribution in [0.1, 0.15) is 65.2 Å². The lowest BCUT2D eigenvalue weighted by molar-refractivity contribution is -0.224. The SMILES string of the molecule is C[C@]12CC[C@@H](O)C[C@@H]1CC[C@@H]1[C@@H]2[C@H](O)C[C@]2(C)[C@@H]1CC[C@]2(O)[C@H](O)CO. The Morgan fingerprint density at radius 2 is 1.77 bits per heavy atom. The predicted octanol–water partition coefficient (Wildman–Crippen LogP) is 1.45. The summed E-state index contributed by atoms with van der Waals surface area (Å²) in [7, 11) is 0. The van der Waals surface area contributed by atoms with E-state index in [0.717, 1.165) is 38.5 Å². The molecule has 0 amide bonds. The topological polar surface area (TPSA) is 101 Å². The number of rotatable bonds is 2. The zero-order valence-electron chi connectivity index (χ0n) is 16.1. The molecular formula is C21H36O5. The Hall–Kier alpha value is -0.200. The molecule has 0 aromatic rings. The Morgan fingerprint density at radius 1 is 1.04 bits per heavy atom. The molecule has 5 N–H and O–H groups in total. The first kappa shape index (κ1) is 19.1.